The average molecular weight is 245 g/mol. The van der Waals surface area contributed by atoms with Crippen LogP contribution in [0.15, 0.2) is 0 Å². The molecule has 1 heterocycles. The third-order valence-corrected chi connectivity index (χ3v) is 4.70. The van der Waals surface area contributed by atoms with Gasteiger partial charge in [0.25, 0.3) is 0 Å². The van der Waals surface area contributed by atoms with E-state index in [1.165, 1.54) is 0 Å². The zero-order valence-electron chi connectivity index (χ0n) is 9.57. The van der Waals surface area contributed by atoms with E-state index < -0.39 is 15.3 Å². The Kier molecular flexibility index (Phi) is 5.19. The highest BCUT2D eigenvalue weighted by molar-refractivity contribution is 7.90. The summed E-state index contributed by atoms with van der Waals surface area (Å²) in [5.74, 6) is 0.560. The Hall–Kier alpha value is -0.640. The number of sulfonamides is 1. The molecule has 2 unspecified atom stereocenters. The normalized spacial score (nSPS) is 22.9. The molecule has 0 radical (unpaired) electrons. The highest BCUT2D eigenvalue weighted by atomic mass is 32.2. The Morgan fingerprint density at radius 1 is 1.62 bits per heavy atom. The van der Waals surface area contributed by atoms with E-state index in [4.69, 9.17) is 5.26 Å². The lowest BCUT2D eigenvalue weighted by Gasteiger charge is -2.12. The molecule has 16 heavy (non-hydrogen) atoms. The standard InChI is InChI=1S/C10H19N3O2S/c1-2-10(7-11)16(14,15)13-6-4-9-3-5-12-8-9/h9-10,12-13H,2-6,8H2,1H3. The summed E-state index contributed by atoms with van der Waals surface area (Å²) in [6, 6.07) is 1.81. The Morgan fingerprint density at radius 3 is 2.88 bits per heavy atom. The molecule has 92 valence electrons. The Bertz CT molecular complexity index is 342. The van der Waals surface area contributed by atoms with Crippen LogP contribution in [0.3, 0.4) is 0 Å². The van der Waals surface area contributed by atoms with Gasteiger partial charge in [0.2, 0.25) is 10.0 Å². The van der Waals surface area contributed by atoms with Crippen LogP contribution < -0.4 is 10.0 Å². The van der Waals surface area contributed by atoms with Gasteiger partial charge >= 0.3 is 0 Å². The molecule has 1 fully saturated rings. The smallest absolute Gasteiger partial charge is 0.227 e. The lowest BCUT2D eigenvalue weighted by molar-refractivity contribution is 0.517. The summed E-state index contributed by atoms with van der Waals surface area (Å²) in [7, 11) is -3.45. The van der Waals surface area contributed by atoms with Crippen LogP contribution in [0, 0.1) is 17.2 Å². The van der Waals surface area contributed by atoms with Crippen LogP contribution in [0.5, 0.6) is 0 Å². The minimum absolute atomic E-state index is 0.330. The molecule has 0 saturated carbocycles. The number of hydrogen-bond donors (Lipinski definition) is 2. The minimum Gasteiger partial charge on any atom is -0.316 e. The molecule has 2 N–H and O–H groups in total. The van der Waals surface area contributed by atoms with E-state index in [0.29, 0.717) is 18.9 Å². The van der Waals surface area contributed by atoms with Crippen molar-refractivity contribution in [1.82, 2.24) is 10.0 Å². The molecule has 0 aromatic rings. The maximum Gasteiger partial charge on any atom is 0.227 e. The molecule has 0 bridgehead atoms. The molecule has 0 aliphatic carbocycles. The zero-order chi connectivity index (χ0) is 12.0. The van der Waals surface area contributed by atoms with Crippen molar-refractivity contribution in [2.45, 2.75) is 31.4 Å². The van der Waals surface area contributed by atoms with Crippen molar-refractivity contribution in [3.8, 4) is 6.07 Å². The van der Waals surface area contributed by atoms with Crippen LogP contribution in [0.1, 0.15) is 26.2 Å². The lowest BCUT2D eigenvalue weighted by atomic mass is 10.1. The van der Waals surface area contributed by atoms with Gasteiger partial charge in [-0.2, -0.15) is 5.26 Å². The fourth-order valence-electron chi connectivity index (χ4n) is 1.85. The van der Waals surface area contributed by atoms with E-state index in [1.807, 2.05) is 6.07 Å². The van der Waals surface area contributed by atoms with E-state index in [2.05, 4.69) is 10.0 Å². The first kappa shape index (κ1) is 13.4. The topological polar surface area (TPSA) is 82.0 Å². The van der Waals surface area contributed by atoms with Gasteiger partial charge < -0.3 is 5.32 Å². The van der Waals surface area contributed by atoms with Gasteiger partial charge in [-0.25, -0.2) is 13.1 Å². The molecule has 6 heteroatoms. The third-order valence-electron chi connectivity index (χ3n) is 2.91. The summed E-state index contributed by atoms with van der Waals surface area (Å²) in [6.07, 6.45) is 2.28. The van der Waals surface area contributed by atoms with E-state index in [0.717, 1.165) is 25.9 Å². The second-order valence-electron chi connectivity index (χ2n) is 4.11. The van der Waals surface area contributed by atoms with E-state index in [9.17, 15) is 8.42 Å². The predicted molar refractivity (Wildman–Crippen MR) is 62.2 cm³/mol. The molecule has 1 aliphatic heterocycles. The second kappa shape index (κ2) is 6.18. The molecule has 1 saturated heterocycles. The molecule has 1 rings (SSSR count). The molecular weight excluding hydrogens is 226 g/mol. The van der Waals surface area contributed by atoms with Gasteiger partial charge in [0, 0.05) is 6.54 Å². The van der Waals surface area contributed by atoms with Gasteiger partial charge in [0.05, 0.1) is 6.07 Å². The Morgan fingerprint density at radius 2 is 2.38 bits per heavy atom. The predicted octanol–water partition coefficient (Wildman–Crippen LogP) is 0.208. The zero-order valence-corrected chi connectivity index (χ0v) is 10.4. The number of rotatable bonds is 6. The largest absolute Gasteiger partial charge is 0.316 e. The molecular formula is C10H19N3O2S. The van der Waals surface area contributed by atoms with E-state index in [-0.39, 0.29) is 0 Å². The fourth-order valence-corrected chi connectivity index (χ4v) is 3.03. The van der Waals surface area contributed by atoms with Crippen molar-refractivity contribution in [3.63, 3.8) is 0 Å². The van der Waals surface area contributed by atoms with E-state index >= 15 is 0 Å². The van der Waals surface area contributed by atoms with Crippen LogP contribution in [0.25, 0.3) is 0 Å². The van der Waals surface area contributed by atoms with Gasteiger partial charge in [-0.15, -0.1) is 0 Å². The monoisotopic (exact) mass is 245 g/mol. The summed E-state index contributed by atoms with van der Waals surface area (Å²) in [6.45, 7) is 4.13. The van der Waals surface area contributed by atoms with Crippen LogP contribution >= 0.6 is 0 Å². The van der Waals surface area contributed by atoms with Crippen LogP contribution in [0.4, 0.5) is 0 Å². The highest BCUT2D eigenvalue weighted by Gasteiger charge is 2.23. The van der Waals surface area contributed by atoms with Crippen molar-refractivity contribution in [2.75, 3.05) is 19.6 Å². The van der Waals surface area contributed by atoms with Gasteiger partial charge in [-0.3, -0.25) is 0 Å². The summed E-state index contributed by atoms with van der Waals surface area (Å²) in [4.78, 5) is 0. The second-order valence-corrected chi connectivity index (χ2v) is 6.06. The molecule has 0 amide bonds. The van der Waals surface area contributed by atoms with Crippen molar-refractivity contribution in [2.24, 2.45) is 5.92 Å². The molecule has 0 aromatic heterocycles. The average Bonchev–Trinajstić information content (AvgIpc) is 2.71. The van der Waals surface area contributed by atoms with Gasteiger partial charge in [0.1, 0.15) is 0 Å². The Labute approximate surface area is 97.3 Å². The first-order valence-electron chi connectivity index (χ1n) is 5.69. The SMILES string of the molecule is CCC(C#N)S(=O)(=O)NCCC1CCNC1. The number of nitrogens with zero attached hydrogens (tertiary/aromatic N) is 1. The molecule has 1 aliphatic rings. The molecule has 0 aromatic carbocycles. The molecule has 5 nitrogen and oxygen atoms in total. The van der Waals surface area contributed by atoms with Crippen molar-refractivity contribution in [3.05, 3.63) is 0 Å². The summed E-state index contributed by atoms with van der Waals surface area (Å²) < 4.78 is 25.7. The van der Waals surface area contributed by atoms with Gasteiger partial charge in [-0.05, 0) is 38.3 Å². The lowest BCUT2D eigenvalue weighted by Crippen LogP contribution is -2.34. The quantitative estimate of drug-likeness (QED) is 0.700. The van der Waals surface area contributed by atoms with Crippen molar-refractivity contribution < 1.29 is 8.42 Å². The van der Waals surface area contributed by atoms with Crippen molar-refractivity contribution in [1.29, 1.82) is 5.26 Å². The summed E-state index contributed by atoms with van der Waals surface area (Å²) in [5, 5.41) is 11.0. The minimum atomic E-state index is -3.45. The molecule has 0 spiro atoms. The van der Waals surface area contributed by atoms with Crippen LogP contribution in [0.2, 0.25) is 0 Å². The molecule has 2 atom stereocenters. The maximum atomic E-state index is 11.6. The van der Waals surface area contributed by atoms with Gasteiger partial charge in [-0.1, -0.05) is 6.92 Å². The highest BCUT2D eigenvalue weighted by Crippen LogP contribution is 2.11. The first-order valence-corrected chi connectivity index (χ1v) is 7.23. The number of nitriles is 1. The number of nitrogens with one attached hydrogen (secondary N) is 2. The summed E-state index contributed by atoms with van der Waals surface area (Å²) >= 11 is 0. The maximum absolute atomic E-state index is 11.6. The van der Waals surface area contributed by atoms with Crippen molar-refractivity contribution >= 4 is 10.0 Å². The van der Waals surface area contributed by atoms with Gasteiger partial charge in [0.15, 0.2) is 5.25 Å². The first-order chi connectivity index (χ1) is 7.60. The van der Waals surface area contributed by atoms with E-state index in [1.54, 1.807) is 6.92 Å². The number of hydrogen-bond acceptors (Lipinski definition) is 4. The third kappa shape index (κ3) is 3.74. The summed E-state index contributed by atoms with van der Waals surface area (Å²) in [5.41, 5.74) is 0. The van der Waals surface area contributed by atoms with Crippen LogP contribution in [-0.4, -0.2) is 33.3 Å². The Balaban J connectivity index is 2.33. The fraction of sp³-hybridized carbons (Fsp3) is 0.900. The van der Waals surface area contributed by atoms with Crippen LogP contribution in [-0.2, 0) is 10.0 Å².